The smallest absolute Gasteiger partial charge is 0.211 e. The van der Waals surface area contributed by atoms with Crippen LogP contribution in [0.2, 0.25) is 0 Å². The summed E-state index contributed by atoms with van der Waals surface area (Å²) >= 11 is 0. The van der Waals surface area contributed by atoms with E-state index in [2.05, 4.69) is 10.8 Å². The van der Waals surface area contributed by atoms with E-state index in [-0.39, 0.29) is 11.7 Å². The molecule has 0 saturated heterocycles. The lowest BCUT2D eigenvalue weighted by Crippen LogP contribution is -2.29. The predicted octanol–water partition coefficient (Wildman–Crippen LogP) is 1.62. The third kappa shape index (κ3) is 5.72. The number of sulfonamides is 1. The largest absolute Gasteiger partial charge is 0.330 e. The lowest BCUT2D eigenvalue weighted by Gasteiger charge is -2.14. The van der Waals surface area contributed by atoms with Crippen LogP contribution in [0.5, 0.6) is 0 Å². The maximum Gasteiger partial charge on any atom is 0.211 e. The highest BCUT2D eigenvalue weighted by Crippen LogP contribution is 2.16. The van der Waals surface area contributed by atoms with E-state index in [0.29, 0.717) is 19.5 Å². The van der Waals surface area contributed by atoms with Crippen LogP contribution in [0, 0.1) is 0 Å². The molecular formula is C14H24N2O2S. The molecule has 0 radical (unpaired) electrons. The Labute approximate surface area is 116 Å². The van der Waals surface area contributed by atoms with Gasteiger partial charge in [0.2, 0.25) is 10.0 Å². The fraction of sp³-hybridized carbons (Fsp3) is 0.571. The summed E-state index contributed by atoms with van der Waals surface area (Å²) in [5, 5.41) is 0. The highest BCUT2D eigenvalue weighted by atomic mass is 32.2. The Hall–Kier alpha value is -0.910. The van der Waals surface area contributed by atoms with Crippen LogP contribution in [0.25, 0.3) is 0 Å². The van der Waals surface area contributed by atoms with Crippen LogP contribution >= 0.6 is 0 Å². The van der Waals surface area contributed by atoms with Gasteiger partial charge in [0.25, 0.3) is 0 Å². The molecule has 0 spiro atoms. The van der Waals surface area contributed by atoms with Crippen molar-refractivity contribution in [1.82, 2.24) is 4.72 Å². The zero-order valence-electron chi connectivity index (χ0n) is 11.7. The molecule has 1 aromatic carbocycles. The molecule has 1 atom stereocenters. The Morgan fingerprint density at radius 1 is 1.37 bits per heavy atom. The summed E-state index contributed by atoms with van der Waals surface area (Å²) in [6, 6.07) is 8.17. The van der Waals surface area contributed by atoms with Gasteiger partial charge in [0.1, 0.15) is 0 Å². The molecule has 0 saturated carbocycles. The van der Waals surface area contributed by atoms with Crippen LogP contribution in [0.15, 0.2) is 24.3 Å². The van der Waals surface area contributed by atoms with Crippen molar-refractivity contribution >= 4 is 10.0 Å². The zero-order valence-corrected chi connectivity index (χ0v) is 12.5. The maximum absolute atomic E-state index is 11.6. The second-order valence-electron chi connectivity index (χ2n) is 4.85. The lowest BCUT2D eigenvalue weighted by molar-refractivity contribution is 0.573. The van der Waals surface area contributed by atoms with Gasteiger partial charge in [-0.2, -0.15) is 0 Å². The molecule has 4 nitrogen and oxygen atoms in total. The number of nitrogens with two attached hydrogens (primary N) is 1. The topological polar surface area (TPSA) is 72.2 Å². The van der Waals surface area contributed by atoms with Gasteiger partial charge in [0, 0.05) is 6.54 Å². The molecule has 0 aliphatic heterocycles. The Balaban J connectivity index is 2.63. The van der Waals surface area contributed by atoms with Crippen molar-refractivity contribution in [2.75, 3.05) is 18.8 Å². The minimum atomic E-state index is -3.13. The highest BCUT2D eigenvalue weighted by molar-refractivity contribution is 7.89. The van der Waals surface area contributed by atoms with Gasteiger partial charge in [0.15, 0.2) is 0 Å². The first-order valence-corrected chi connectivity index (χ1v) is 8.40. The van der Waals surface area contributed by atoms with Gasteiger partial charge in [0.05, 0.1) is 5.75 Å². The molecule has 1 rings (SSSR count). The first-order chi connectivity index (χ1) is 8.98. The van der Waals surface area contributed by atoms with Crippen molar-refractivity contribution in [3.63, 3.8) is 0 Å². The Morgan fingerprint density at radius 2 is 2.11 bits per heavy atom. The molecular weight excluding hydrogens is 260 g/mol. The van der Waals surface area contributed by atoms with Gasteiger partial charge < -0.3 is 5.73 Å². The first-order valence-electron chi connectivity index (χ1n) is 6.74. The van der Waals surface area contributed by atoms with Crippen LogP contribution in [0.4, 0.5) is 0 Å². The van der Waals surface area contributed by atoms with Crippen LogP contribution in [-0.2, 0) is 16.4 Å². The van der Waals surface area contributed by atoms with Crippen molar-refractivity contribution in [2.24, 2.45) is 5.73 Å². The van der Waals surface area contributed by atoms with Gasteiger partial charge in [-0.05, 0) is 36.4 Å². The summed E-state index contributed by atoms with van der Waals surface area (Å²) in [5.74, 6) is 0.344. The monoisotopic (exact) mass is 284 g/mol. The van der Waals surface area contributed by atoms with Crippen LogP contribution < -0.4 is 10.5 Å². The van der Waals surface area contributed by atoms with E-state index in [4.69, 9.17) is 5.73 Å². The molecule has 19 heavy (non-hydrogen) atoms. The Morgan fingerprint density at radius 3 is 2.74 bits per heavy atom. The van der Waals surface area contributed by atoms with Crippen LogP contribution in [0.3, 0.4) is 0 Å². The molecule has 0 aromatic heterocycles. The minimum Gasteiger partial charge on any atom is -0.330 e. The summed E-state index contributed by atoms with van der Waals surface area (Å²) in [7, 11) is -3.13. The van der Waals surface area contributed by atoms with Gasteiger partial charge in [-0.1, -0.05) is 38.1 Å². The summed E-state index contributed by atoms with van der Waals surface area (Å²) in [6.45, 7) is 4.95. The average Bonchev–Trinajstić information content (AvgIpc) is 2.37. The molecule has 5 heteroatoms. The van der Waals surface area contributed by atoms with Crippen molar-refractivity contribution in [3.8, 4) is 0 Å². The van der Waals surface area contributed by atoms with E-state index in [1.165, 1.54) is 5.56 Å². The second-order valence-corrected chi connectivity index (χ2v) is 6.78. The van der Waals surface area contributed by atoms with Crippen molar-refractivity contribution in [1.29, 1.82) is 0 Å². The molecule has 0 aliphatic carbocycles. The Kier molecular flexibility index (Phi) is 6.48. The highest BCUT2D eigenvalue weighted by Gasteiger charge is 2.12. The molecule has 1 unspecified atom stereocenters. The third-order valence-electron chi connectivity index (χ3n) is 3.04. The normalized spacial score (nSPS) is 13.4. The molecule has 0 bridgehead atoms. The molecule has 0 aliphatic rings. The van der Waals surface area contributed by atoms with E-state index >= 15 is 0 Å². The SMILES string of the molecule is CCCS(=O)(=O)NCC(C)c1cccc(CCN)c1. The van der Waals surface area contributed by atoms with Gasteiger partial charge in [-0.15, -0.1) is 0 Å². The van der Waals surface area contributed by atoms with Gasteiger partial charge in [-0.3, -0.25) is 0 Å². The number of rotatable bonds is 8. The summed E-state index contributed by atoms with van der Waals surface area (Å²) in [6.07, 6.45) is 1.48. The fourth-order valence-corrected chi connectivity index (χ4v) is 3.12. The Bertz CT molecular complexity index is 486. The van der Waals surface area contributed by atoms with E-state index < -0.39 is 10.0 Å². The zero-order chi connectivity index (χ0) is 14.3. The van der Waals surface area contributed by atoms with Crippen LogP contribution in [0.1, 0.15) is 37.3 Å². The first kappa shape index (κ1) is 16.1. The summed E-state index contributed by atoms with van der Waals surface area (Å²) < 4.78 is 25.9. The fourth-order valence-electron chi connectivity index (χ4n) is 1.93. The molecule has 108 valence electrons. The summed E-state index contributed by atoms with van der Waals surface area (Å²) in [4.78, 5) is 0. The molecule has 0 heterocycles. The molecule has 3 N–H and O–H groups in total. The van der Waals surface area contributed by atoms with Crippen molar-refractivity contribution in [2.45, 2.75) is 32.6 Å². The number of hydrogen-bond acceptors (Lipinski definition) is 3. The molecule has 1 aromatic rings. The van der Waals surface area contributed by atoms with E-state index in [9.17, 15) is 8.42 Å². The third-order valence-corrected chi connectivity index (χ3v) is 4.59. The molecule has 0 amide bonds. The second kappa shape index (κ2) is 7.62. The van der Waals surface area contributed by atoms with Gasteiger partial charge in [-0.25, -0.2) is 13.1 Å². The maximum atomic E-state index is 11.6. The lowest BCUT2D eigenvalue weighted by atomic mass is 9.98. The minimum absolute atomic E-state index is 0.157. The number of benzene rings is 1. The van der Waals surface area contributed by atoms with E-state index in [1.807, 2.05) is 32.0 Å². The number of nitrogens with one attached hydrogen (secondary N) is 1. The van der Waals surface area contributed by atoms with E-state index in [1.54, 1.807) is 0 Å². The van der Waals surface area contributed by atoms with E-state index in [0.717, 1.165) is 12.0 Å². The van der Waals surface area contributed by atoms with Gasteiger partial charge >= 0.3 is 0 Å². The van der Waals surface area contributed by atoms with Crippen LogP contribution in [-0.4, -0.2) is 27.3 Å². The van der Waals surface area contributed by atoms with Crippen molar-refractivity contribution < 1.29 is 8.42 Å². The molecule has 0 fully saturated rings. The average molecular weight is 284 g/mol. The quantitative estimate of drug-likeness (QED) is 0.762. The predicted molar refractivity (Wildman–Crippen MR) is 79.7 cm³/mol. The summed E-state index contributed by atoms with van der Waals surface area (Å²) in [5.41, 5.74) is 7.89. The number of hydrogen-bond donors (Lipinski definition) is 2. The standard InChI is InChI=1S/C14H24N2O2S/c1-3-9-19(17,18)16-11-12(2)14-6-4-5-13(10-14)7-8-15/h4-6,10,12,16H,3,7-9,11,15H2,1-2H3. The van der Waals surface area contributed by atoms with Crippen molar-refractivity contribution in [3.05, 3.63) is 35.4 Å².